The zero-order valence-corrected chi connectivity index (χ0v) is 20.2. The molecule has 2 amide bonds. The van der Waals surface area contributed by atoms with Crippen molar-refractivity contribution in [1.82, 2.24) is 9.62 Å². The Morgan fingerprint density at radius 3 is 1.94 bits per heavy atom. The lowest BCUT2D eigenvalue weighted by Gasteiger charge is -2.17. The van der Waals surface area contributed by atoms with Crippen LogP contribution in [-0.2, 0) is 14.8 Å². The molecule has 0 saturated carbocycles. The lowest BCUT2D eigenvalue weighted by Crippen LogP contribution is -2.41. The van der Waals surface area contributed by atoms with Crippen molar-refractivity contribution in [2.24, 2.45) is 0 Å². The van der Waals surface area contributed by atoms with Gasteiger partial charge in [0.1, 0.15) is 11.8 Å². The number of hydrogen-bond donors (Lipinski definition) is 2. The molecule has 1 aliphatic rings. The van der Waals surface area contributed by atoms with Gasteiger partial charge in [-0.25, -0.2) is 8.42 Å². The van der Waals surface area contributed by atoms with Crippen molar-refractivity contribution >= 4 is 27.8 Å². The predicted molar refractivity (Wildman–Crippen MR) is 131 cm³/mol. The van der Waals surface area contributed by atoms with Crippen LogP contribution in [0.5, 0.6) is 5.75 Å². The number of nitrogens with zero attached hydrogens (tertiary/aromatic N) is 1. The van der Waals surface area contributed by atoms with E-state index in [9.17, 15) is 27.9 Å². The number of amides is 2. The van der Waals surface area contributed by atoms with E-state index in [1.807, 2.05) is 12.1 Å². The van der Waals surface area contributed by atoms with Crippen molar-refractivity contribution < 1.29 is 32.6 Å². The van der Waals surface area contributed by atoms with Crippen LogP contribution in [0.2, 0.25) is 0 Å². The van der Waals surface area contributed by atoms with Crippen molar-refractivity contribution in [3.63, 3.8) is 0 Å². The normalized spacial score (nSPS) is 14.0. The van der Waals surface area contributed by atoms with Gasteiger partial charge in [-0.3, -0.25) is 19.3 Å². The molecule has 0 spiro atoms. The van der Waals surface area contributed by atoms with Gasteiger partial charge in [0.15, 0.2) is 0 Å². The van der Waals surface area contributed by atoms with Crippen molar-refractivity contribution in [2.75, 3.05) is 13.7 Å². The number of carbonyl (C=O) groups is 3. The third-order valence-corrected chi connectivity index (χ3v) is 7.42. The van der Waals surface area contributed by atoms with Crippen LogP contribution in [-0.4, -0.2) is 55.9 Å². The van der Waals surface area contributed by atoms with Gasteiger partial charge in [0.05, 0.1) is 23.1 Å². The Morgan fingerprint density at radius 2 is 1.44 bits per heavy atom. The molecule has 0 aromatic heterocycles. The van der Waals surface area contributed by atoms with Crippen LogP contribution in [0.25, 0.3) is 11.1 Å². The van der Waals surface area contributed by atoms with E-state index in [1.165, 1.54) is 12.1 Å². The number of carboxylic acid groups (broad SMARTS) is 1. The van der Waals surface area contributed by atoms with Crippen molar-refractivity contribution in [2.45, 2.75) is 23.8 Å². The highest BCUT2D eigenvalue weighted by molar-refractivity contribution is 7.89. The fraction of sp³-hybridized carbons (Fsp3) is 0.192. The van der Waals surface area contributed by atoms with Gasteiger partial charge in [0, 0.05) is 6.54 Å². The molecular formula is C26H24N2O7S. The number of imide groups is 1. The second-order valence-corrected chi connectivity index (χ2v) is 9.93. The molecule has 1 heterocycles. The van der Waals surface area contributed by atoms with Gasteiger partial charge in [-0.15, -0.1) is 0 Å². The molecule has 186 valence electrons. The molecule has 0 fully saturated rings. The van der Waals surface area contributed by atoms with Crippen molar-refractivity contribution in [3.8, 4) is 16.9 Å². The Balaban J connectivity index is 1.39. The molecule has 0 aliphatic carbocycles. The Bertz CT molecular complexity index is 1370. The molecule has 0 saturated heterocycles. The number of methoxy groups -OCH3 is 1. The first-order valence-electron chi connectivity index (χ1n) is 11.2. The number of carbonyl (C=O) groups excluding carboxylic acids is 2. The maximum atomic E-state index is 12.8. The Hall–Kier alpha value is -4.02. The third-order valence-electron chi connectivity index (χ3n) is 5.94. The van der Waals surface area contributed by atoms with E-state index in [2.05, 4.69) is 4.72 Å². The molecule has 2 N–H and O–H groups in total. The molecule has 3 aromatic rings. The van der Waals surface area contributed by atoms with Gasteiger partial charge in [-0.05, 0) is 60.4 Å². The maximum Gasteiger partial charge on any atom is 0.321 e. The fourth-order valence-electron chi connectivity index (χ4n) is 3.99. The molecular weight excluding hydrogens is 484 g/mol. The Labute approximate surface area is 208 Å². The third kappa shape index (κ3) is 5.14. The fourth-order valence-corrected chi connectivity index (χ4v) is 5.22. The summed E-state index contributed by atoms with van der Waals surface area (Å²) in [6.45, 7) is -0.0194. The molecule has 0 radical (unpaired) electrons. The second kappa shape index (κ2) is 10.3. The molecule has 0 bridgehead atoms. The standard InChI is InChI=1S/C26H24N2O7S/c1-35-19-12-8-17(9-13-19)18-10-14-20(15-11-18)36(33,34)27-23(26(31)32)7-4-16-28-24(29)21-5-2-3-6-22(21)25(28)30/h2-3,5-6,8-15,23,27H,4,7,16H2,1H3,(H,31,32). The lowest BCUT2D eigenvalue weighted by atomic mass is 10.1. The van der Waals surface area contributed by atoms with E-state index in [0.717, 1.165) is 16.0 Å². The van der Waals surface area contributed by atoms with Gasteiger partial charge >= 0.3 is 5.97 Å². The second-order valence-electron chi connectivity index (χ2n) is 8.21. The van der Waals surface area contributed by atoms with Gasteiger partial charge in [0.2, 0.25) is 10.0 Å². The smallest absolute Gasteiger partial charge is 0.321 e. The van der Waals surface area contributed by atoms with Crippen LogP contribution < -0.4 is 9.46 Å². The molecule has 36 heavy (non-hydrogen) atoms. The predicted octanol–water partition coefficient (Wildman–Crippen LogP) is 3.17. The summed E-state index contributed by atoms with van der Waals surface area (Å²) in [5.41, 5.74) is 2.25. The number of carboxylic acids is 1. The minimum atomic E-state index is -4.13. The number of nitrogens with one attached hydrogen (secondary N) is 1. The first-order valence-corrected chi connectivity index (χ1v) is 12.6. The van der Waals surface area contributed by atoms with E-state index in [-0.39, 0.29) is 24.3 Å². The number of rotatable bonds is 10. The summed E-state index contributed by atoms with van der Waals surface area (Å²) >= 11 is 0. The van der Waals surface area contributed by atoms with Crippen molar-refractivity contribution in [3.05, 3.63) is 83.9 Å². The largest absolute Gasteiger partial charge is 0.497 e. The summed E-state index contributed by atoms with van der Waals surface area (Å²) in [6.07, 6.45) is 0.00721. The highest BCUT2D eigenvalue weighted by atomic mass is 32.2. The summed E-state index contributed by atoms with van der Waals surface area (Å²) in [6, 6.07) is 18.4. The molecule has 4 rings (SSSR count). The topological polar surface area (TPSA) is 130 Å². The van der Waals surface area contributed by atoms with Crippen LogP contribution in [0, 0.1) is 0 Å². The number of aliphatic carboxylic acids is 1. The zero-order valence-electron chi connectivity index (χ0n) is 19.4. The average Bonchev–Trinajstić information content (AvgIpc) is 3.13. The molecule has 1 aliphatic heterocycles. The SMILES string of the molecule is COc1ccc(-c2ccc(S(=O)(=O)NC(CCCN3C(=O)c4ccccc4C3=O)C(=O)O)cc2)cc1. The van der Waals surface area contributed by atoms with Gasteiger partial charge in [0.25, 0.3) is 11.8 Å². The summed E-state index contributed by atoms with van der Waals surface area (Å²) < 4.78 is 33.0. The zero-order chi connectivity index (χ0) is 25.9. The number of benzene rings is 3. The monoisotopic (exact) mass is 508 g/mol. The quantitative estimate of drug-likeness (QED) is 0.402. The molecule has 1 unspecified atom stereocenters. The maximum absolute atomic E-state index is 12.8. The van der Waals surface area contributed by atoms with Gasteiger partial charge in [-0.1, -0.05) is 36.4 Å². The summed E-state index contributed by atoms with van der Waals surface area (Å²) in [4.78, 5) is 37.7. The summed E-state index contributed by atoms with van der Waals surface area (Å²) in [7, 11) is -2.56. The molecule has 1 atom stereocenters. The lowest BCUT2D eigenvalue weighted by molar-refractivity contribution is -0.139. The minimum absolute atomic E-state index is 0.0194. The van der Waals surface area contributed by atoms with Crippen molar-refractivity contribution in [1.29, 1.82) is 0 Å². The number of fused-ring (bicyclic) bond motifs is 1. The van der Waals surface area contributed by atoms with E-state index >= 15 is 0 Å². The Kier molecular flexibility index (Phi) is 7.18. The highest BCUT2D eigenvalue weighted by Crippen LogP contribution is 2.25. The van der Waals surface area contributed by atoms with Gasteiger partial charge < -0.3 is 9.84 Å². The molecule has 3 aromatic carbocycles. The highest BCUT2D eigenvalue weighted by Gasteiger charge is 2.35. The van der Waals surface area contributed by atoms with Gasteiger partial charge in [-0.2, -0.15) is 4.72 Å². The average molecular weight is 509 g/mol. The first kappa shape index (κ1) is 25.1. The van der Waals surface area contributed by atoms with E-state index in [0.29, 0.717) is 16.9 Å². The summed E-state index contributed by atoms with van der Waals surface area (Å²) in [5.74, 6) is -1.54. The number of ether oxygens (including phenoxy) is 1. The van der Waals surface area contributed by atoms with E-state index in [1.54, 1.807) is 55.6 Å². The number of hydrogen-bond acceptors (Lipinski definition) is 6. The molecule has 9 nitrogen and oxygen atoms in total. The van der Waals surface area contributed by atoms with Crippen LogP contribution in [0.3, 0.4) is 0 Å². The van der Waals surface area contributed by atoms with Crippen LogP contribution in [0.1, 0.15) is 33.6 Å². The van der Waals surface area contributed by atoms with Crippen LogP contribution in [0.4, 0.5) is 0 Å². The summed E-state index contributed by atoms with van der Waals surface area (Å²) in [5, 5.41) is 9.57. The number of sulfonamides is 1. The Morgan fingerprint density at radius 1 is 0.917 bits per heavy atom. The minimum Gasteiger partial charge on any atom is -0.497 e. The molecule has 10 heteroatoms. The van der Waals surface area contributed by atoms with E-state index in [4.69, 9.17) is 4.74 Å². The van der Waals surface area contributed by atoms with E-state index < -0.39 is 33.8 Å². The first-order chi connectivity index (χ1) is 17.2. The van der Waals surface area contributed by atoms with Crippen LogP contribution >= 0.6 is 0 Å². The van der Waals surface area contributed by atoms with Crippen LogP contribution in [0.15, 0.2) is 77.7 Å².